The van der Waals surface area contributed by atoms with Crippen LogP contribution in [-0.2, 0) is 22.5 Å². The Morgan fingerprint density at radius 3 is 2.93 bits per heavy atom. The summed E-state index contributed by atoms with van der Waals surface area (Å²) in [6.45, 7) is 6.41. The van der Waals surface area contributed by atoms with Gasteiger partial charge in [-0.1, -0.05) is 6.58 Å². The third kappa shape index (κ3) is 5.38. The number of aromatic amines is 1. The number of methoxy groups -OCH3 is 1. The van der Waals surface area contributed by atoms with Crippen LogP contribution in [0.5, 0.6) is 5.75 Å². The third-order valence-corrected chi connectivity index (χ3v) is 9.13. The second-order valence-corrected chi connectivity index (χ2v) is 11.9. The van der Waals surface area contributed by atoms with Crippen LogP contribution in [0.2, 0.25) is 0 Å². The highest BCUT2D eigenvalue weighted by atomic mass is 32.1. The van der Waals surface area contributed by atoms with Gasteiger partial charge in [0.05, 0.1) is 30.2 Å². The number of H-pyrrole nitrogens is 1. The predicted octanol–water partition coefficient (Wildman–Crippen LogP) is 4.21. The highest BCUT2D eigenvalue weighted by molar-refractivity contribution is 7.18. The molecular weight excluding hydrogens is 597 g/mol. The third-order valence-electron chi connectivity index (χ3n) is 8.20. The fourth-order valence-electron chi connectivity index (χ4n) is 5.88. The van der Waals surface area contributed by atoms with E-state index in [1.165, 1.54) is 18.2 Å². The summed E-state index contributed by atoms with van der Waals surface area (Å²) in [7, 11) is 1.59. The molecule has 7 rings (SSSR count). The van der Waals surface area contributed by atoms with Crippen molar-refractivity contribution in [2.75, 3.05) is 44.9 Å². The number of thiophene rings is 1. The van der Waals surface area contributed by atoms with Gasteiger partial charge in [0.15, 0.2) is 0 Å². The lowest BCUT2D eigenvalue weighted by molar-refractivity contribution is -0.131. The fraction of sp³-hybridized carbons (Fsp3) is 0.281. The Hall–Kier alpha value is -4.88. The number of hydrogen-bond donors (Lipinski definition) is 1. The number of carbonyl (C=O) groups excluding carboxylic acids is 1. The van der Waals surface area contributed by atoms with E-state index in [0.717, 1.165) is 38.3 Å². The number of amides is 1. The highest BCUT2D eigenvalue weighted by Gasteiger charge is 2.32. The molecule has 5 aromatic rings. The number of benzene rings is 1. The molecule has 45 heavy (non-hydrogen) atoms. The van der Waals surface area contributed by atoms with Crippen molar-refractivity contribution in [1.82, 2.24) is 29.9 Å². The van der Waals surface area contributed by atoms with Gasteiger partial charge in [-0.25, -0.2) is 14.5 Å². The Morgan fingerprint density at radius 2 is 2.11 bits per heavy atom. The maximum Gasteiger partial charge on any atom is 0.264 e. The van der Waals surface area contributed by atoms with Crippen molar-refractivity contribution < 1.29 is 18.7 Å². The zero-order valence-corrected chi connectivity index (χ0v) is 25.3. The molecule has 1 aromatic carbocycles. The number of rotatable bonds is 9. The molecule has 0 unspecified atom stereocenters. The second-order valence-electron chi connectivity index (χ2n) is 11.0. The summed E-state index contributed by atoms with van der Waals surface area (Å²) >= 11 is 1.57. The molecule has 11 nitrogen and oxygen atoms in total. The summed E-state index contributed by atoms with van der Waals surface area (Å²) in [4.78, 5) is 33.3. The molecule has 1 amide bonds. The van der Waals surface area contributed by atoms with Crippen molar-refractivity contribution in [3.63, 3.8) is 0 Å². The molecule has 13 heteroatoms. The number of hydrogen-bond acceptors (Lipinski definition) is 9. The summed E-state index contributed by atoms with van der Waals surface area (Å²) < 4.78 is 28.6. The normalized spacial score (nSPS) is 14.8. The van der Waals surface area contributed by atoms with Crippen LogP contribution in [0, 0.1) is 5.82 Å². The van der Waals surface area contributed by atoms with E-state index in [-0.39, 0.29) is 24.1 Å². The summed E-state index contributed by atoms with van der Waals surface area (Å²) in [6.07, 6.45) is 5.70. The summed E-state index contributed by atoms with van der Waals surface area (Å²) in [5.41, 5.74) is 4.45. The first-order valence-electron chi connectivity index (χ1n) is 14.5. The maximum absolute atomic E-state index is 14.5. The molecule has 1 fully saturated rings. The Bertz CT molecular complexity index is 1980. The molecule has 0 aliphatic carbocycles. The molecule has 0 saturated carbocycles. The summed E-state index contributed by atoms with van der Waals surface area (Å²) in [5, 5.41) is 14.4. The van der Waals surface area contributed by atoms with Gasteiger partial charge < -0.3 is 19.3 Å². The van der Waals surface area contributed by atoms with Crippen LogP contribution in [0.4, 0.5) is 10.2 Å². The standard InChI is InChI=1S/C32H30FN7O4S/c1-3-28(42)39-17-22(18-39)40-16-20(14-34-40)30-29(23-5-4-21(33)13-26(23)44-10-9-43-2)31-24(7-11-45-31)32(35-30)38-8-6-25-19(15-38)12-27(41)37-36-25/h3-5,7,11-14,16,22H,1,6,8-10,15,17-18H2,2H3,(H,37,41). The van der Waals surface area contributed by atoms with E-state index >= 15 is 0 Å². The average Bonchev–Trinajstić information content (AvgIpc) is 3.70. The first kappa shape index (κ1) is 28.9. The first-order valence-corrected chi connectivity index (χ1v) is 15.4. The minimum absolute atomic E-state index is 0.0268. The van der Waals surface area contributed by atoms with Gasteiger partial charge in [0.1, 0.15) is 24.0 Å². The zero-order chi connectivity index (χ0) is 31.1. The molecule has 0 spiro atoms. The van der Waals surface area contributed by atoms with Crippen LogP contribution in [0.15, 0.2) is 65.6 Å². The van der Waals surface area contributed by atoms with Crippen LogP contribution in [0.25, 0.3) is 32.5 Å². The van der Waals surface area contributed by atoms with Crippen molar-refractivity contribution in [3.8, 4) is 28.1 Å². The number of fused-ring (bicyclic) bond motifs is 2. The molecule has 6 heterocycles. The molecule has 1 saturated heterocycles. The van der Waals surface area contributed by atoms with Crippen LogP contribution >= 0.6 is 11.3 Å². The van der Waals surface area contributed by atoms with Crippen molar-refractivity contribution >= 4 is 33.1 Å². The number of ether oxygens (including phenoxy) is 2. The van der Waals surface area contributed by atoms with Gasteiger partial charge in [0, 0.05) is 90.4 Å². The van der Waals surface area contributed by atoms with Gasteiger partial charge >= 0.3 is 0 Å². The lowest BCUT2D eigenvalue weighted by Crippen LogP contribution is -2.50. The van der Waals surface area contributed by atoms with Gasteiger partial charge in [-0.3, -0.25) is 14.3 Å². The average molecular weight is 628 g/mol. The number of likely N-dealkylation sites (tertiary alicyclic amines) is 1. The van der Waals surface area contributed by atoms with Crippen molar-refractivity contribution in [3.05, 3.63) is 88.2 Å². The predicted molar refractivity (Wildman–Crippen MR) is 169 cm³/mol. The van der Waals surface area contributed by atoms with E-state index in [4.69, 9.17) is 14.5 Å². The molecule has 0 bridgehead atoms. The minimum Gasteiger partial charge on any atom is -0.490 e. The van der Waals surface area contributed by atoms with Gasteiger partial charge in [-0.05, 0) is 29.7 Å². The lowest BCUT2D eigenvalue weighted by atomic mass is 9.98. The number of aromatic nitrogens is 5. The fourth-order valence-corrected chi connectivity index (χ4v) is 6.84. The molecule has 2 aliphatic heterocycles. The van der Waals surface area contributed by atoms with Gasteiger partial charge in [-0.2, -0.15) is 10.2 Å². The number of pyridine rings is 1. The minimum atomic E-state index is -0.410. The van der Waals surface area contributed by atoms with Crippen LogP contribution in [-0.4, -0.2) is 75.7 Å². The van der Waals surface area contributed by atoms with E-state index in [0.29, 0.717) is 56.2 Å². The second kappa shape index (κ2) is 11.9. The Kier molecular flexibility index (Phi) is 7.63. The Morgan fingerprint density at radius 1 is 1.24 bits per heavy atom. The van der Waals surface area contributed by atoms with Crippen LogP contribution in [0.1, 0.15) is 17.3 Å². The van der Waals surface area contributed by atoms with E-state index in [9.17, 15) is 14.0 Å². The van der Waals surface area contributed by atoms with Crippen molar-refractivity contribution in [2.45, 2.75) is 19.0 Å². The van der Waals surface area contributed by atoms with Crippen molar-refractivity contribution in [1.29, 1.82) is 0 Å². The van der Waals surface area contributed by atoms with Crippen LogP contribution < -0.4 is 15.2 Å². The zero-order valence-electron chi connectivity index (χ0n) is 24.5. The molecule has 2 aliphatic rings. The van der Waals surface area contributed by atoms with Gasteiger partial charge in [0.2, 0.25) is 5.91 Å². The number of anilines is 1. The molecule has 1 N–H and O–H groups in total. The monoisotopic (exact) mass is 627 g/mol. The number of nitrogens with one attached hydrogen (secondary N) is 1. The van der Waals surface area contributed by atoms with Crippen molar-refractivity contribution in [2.24, 2.45) is 0 Å². The van der Waals surface area contributed by atoms with E-state index in [1.807, 2.05) is 22.3 Å². The summed E-state index contributed by atoms with van der Waals surface area (Å²) in [5.74, 6) is 0.651. The number of halogens is 1. The van der Waals surface area contributed by atoms with E-state index in [2.05, 4.69) is 26.8 Å². The summed E-state index contributed by atoms with van der Waals surface area (Å²) in [6, 6.07) is 8.20. The first-order chi connectivity index (χ1) is 21.9. The number of nitrogens with zero attached hydrogens (tertiary/aromatic N) is 6. The molecular formula is C32H30FN7O4S. The SMILES string of the molecule is C=CC(=O)N1CC(n2cc(-c3nc(N4CCc5n[nH]c(=O)cc5C4)c4ccsc4c3-c3ccc(F)cc3OCCOC)cn2)C1. The maximum atomic E-state index is 14.5. The lowest BCUT2D eigenvalue weighted by Gasteiger charge is -2.38. The van der Waals surface area contributed by atoms with E-state index in [1.54, 1.807) is 41.7 Å². The number of carbonyl (C=O) groups is 1. The van der Waals surface area contributed by atoms with Gasteiger partial charge in [-0.15, -0.1) is 11.3 Å². The smallest absolute Gasteiger partial charge is 0.264 e. The topological polar surface area (TPSA) is 118 Å². The molecule has 4 aromatic heterocycles. The van der Waals surface area contributed by atoms with E-state index < -0.39 is 5.82 Å². The largest absolute Gasteiger partial charge is 0.490 e. The van der Waals surface area contributed by atoms with Gasteiger partial charge in [0.25, 0.3) is 5.56 Å². The Balaban J connectivity index is 1.36. The van der Waals surface area contributed by atoms with Crippen LogP contribution in [0.3, 0.4) is 0 Å². The Labute approximate surface area is 261 Å². The molecule has 0 radical (unpaired) electrons. The quantitative estimate of drug-likeness (QED) is 0.191. The molecule has 0 atom stereocenters. The highest BCUT2D eigenvalue weighted by Crippen LogP contribution is 2.46. The molecule has 230 valence electrons.